The van der Waals surface area contributed by atoms with Gasteiger partial charge in [0.25, 0.3) is 5.91 Å². The van der Waals surface area contributed by atoms with Crippen LogP contribution in [0, 0.1) is 11.6 Å². The first kappa shape index (κ1) is 14.8. The highest BCUT2D eigenvalue weighted by Crippen LogP contribution is 2.10. The second-order valence-electron chi connectivity index (χ2n) is 4.65. The van der Waals surface area contributed by atoms with Gasteiger partial charge in [0.15, 0.2) is 5.82 Å². The molecule has 0 aliphatic heterocycles. The Morgan fingerprint density at radius 1 is 1.13 bits per heavy atom. The van der Waals surface area contributed by atoms with Crippen LogP contribution in [0.5, 0.6) is 0 Å². The van der Waals surface area contributed by atoms with Gasteiger partial charge in [0.05, 0.1) is 17.8 Å². The molecule has 0 atom stereocenters. The van der Waals surface area contributed by atoms with Gasteiger partial charge in [-0.25, -0.2) is 8.78 Å². The van der Waals surface area contributed by atoms with Crippen LogP contribution in [0.3, 0.4) is 0 Å². The van der Waals surface area contributed by atoms with E-state index >= 15 is 0 Å². The fourth-order valence-electron chi connectivity index (χ4n) is 2.02. The third-order valence-electron chi connectivity index (χ3n) is 3.11. The Labute approximate surface area is 129 Å². The van der Waals surface area contributed by atoms with Crippen molar-refractivity contribution in [3.05, 3.63) is 71.6 Å². The van der Waals surface area contributed by atoms with Crippen molar-refractivity contribution in [1.29, 1.82) is 0 Å². The van der Waals surface area contributed by atoms with Gasteiger partial charge in [0.2, 0.25) is 0 Å². The third-order valence-corrected chi connectivity index (χ3v) is 3.11. The second kappa shape index (κ2) is 6.30. The van der Waals surface area contributed by atoms with Gasteiger partial charge in [0, 0.05) is 0 Å². The Balaban J connectivity index is 1.76. The summed E-state index contributed by atoms with van der Waals surface area (Å²) in [5.41, 5.74) is 0.349. The van der Waals surface area contributed by atoms with E-state index in [1.807, 2.05) is 0 Å². The van der Waals surface area contributed by atoms with Crippen LogP contribution in [0.4, 0.5) is 8.78 Å². The average molecular weight is 315 g/mol. The number of nitrogens with zero attached hydrogens (tertiary/aromatic N) is 4. The third kappa shape index (κ3) is 3.20. The fraction of sp³-hybridized carbons (Fsp3) is 0.0667. The number of amides is 1. The molecular formula is C15H11F2N5O. The van der Waals surface area contributed by atoms with Crippen molar-refractivity contribution in [1.82, 2.24) is 25.5 Å². The van der Waals surface area contributed by atoms with Gasteiger partial charge in [-0.3, -0.25) is 4.79 Å². The quantitative estimate of drug-likeness (QED) is 0.798. The molecule has 23 heavy (non-hydrogen) atoms. The predicted molar refractivity (Wildman–Crippen MR) is 76.7 cm³/mol. The van der Waals surface area contributed by atoms with Crippen molar-refractivity contribution < 1.29 is 13.6 Å². The molecule has 116 valence electrons. The van der Waals surface area contributed by atoms with Crippen LogP contribution in [-0.4, -0.2) is 26.1 Å². The van der Waals surface area contributed by atoms with Crippen LogP contribution >= 0.6 is 0 Å². The number of nitrogens with one attached hydrogen (secondary N) is 1. The summed E-state index contributed by atoms with van der Waals surface area (Å²) in [6.07, 6.45) is 0. The SMILES string of the molecule is O=C(NCc1nnnn1-c1cccc(F)c1)c1ccccc1F. The summed E-state index contributed by atoms with van der Waals surface area (Å²) in [4.78, 5) is 12.0. The molecular weight excluding hydrogens is 304 g/mol. The molecule has 1 aromatic heterocycles. The molecule has 0 radical (unpaired) electrons. The highest BCUT2D eigenvalue weighted by Gasteiger charge is 2.13. The maximum atomic E-state index is 13.5. The van der Waals surface area contributed by atoms with Crippen molar-refractivity contribution in [2.75, 3.05) is 0 Å². The lowest BCUT2D eigenvalue weighted by atomic mass is 10.2. The summed E-state index contributed by atoms with van der Waals surface area (Å²) >= 11 is 0. The number of aromatic nitrogens is 4. The molecule has 8 heteroatoms. The van der Waals surface area contributed by atoms with Gasteiger partial charge in [-0.05, 0) is 40.8 Å². The Morgan fingerprint density at radius 2 is 1.96 bits per heavy atom. The zero-order chi connectivity index (χ0) is 16.2. The topological polar surface area (TPSA) is 72.7 Å². The number of rotatable bonds is 4. The molecule has 2 aromatic carbocycles. The molecule has 0 spiro atoms. The average Bonchev–Trinajstić information content (AvgIpc) is 3.01. The Morgan fingerprint density at radius 3 is 2.74 bits per heavy atom. The maximum Gasteiger partial charge on any atom is 0.254 e. The van der Waals surface area contributed by atoms with E-state index in [9.17, 15) is 13.6 Å². The molecule has 0 saturated carbocycles. The van der Waals surface area contributed by atoms with Gasteiger partial charge < -0.3 is 5.32 Å². The lowest BCUT2D eigenvalue weighted by Crippen LogP contribution is -2.25. The predicted octanol–water partition coefficient (Wildman–Crippen LogP) is 1.87. The van der Waals surface area contributed by atoms with E-state index in [2.05, 4.69) is 20.8 Å². The van der Waals surface area contributed by atoms with Crippen LogP contribution in [0.15, 0.2) is 48.5 Å². The number of halogens is 2. The molecule has 3 rings (SSSR count). The highest BCUT2D eigenvalue weighted by atomic mass is 19.1. The molecule has 1 N–H and O–H groups in total. The van der Waals surface area contributed by atoms with Crippen LogP contribution in [0.2, 0.25) is 0 Å². The highest BCUT2D eigenvalue weighted by molar-refractivity contribution is 5.94. The van der Waals surface area contributed by atoms with Crippen molar-refractivity contribution in [2.24, 2.45) is 0 Å². The molecule has 0 unspecified atom stereocenters. The van der Waals surface area contributed by atoms with E-state index in [1.165, 1.54) is 41.1 Å². The first-order valence-corrected chi connectivity index (χ1v) is 6.71. The molecule has 0 aliphatic rings. The number of benzene rings is 2. The maximum absolute atomic E-state index is 13.5. The van der Waals surface area contributed by atoms with Crippen molar-refractivity contribution >= 4 is 5.91 Å². The number of carbonyl (C=O) groups is 1. The summed E-state index contributed by atoms with van der Waals surface area (Å²) in [6.45, 7) is -0.0311. The molecule has 0 saturated heterocycles. The van der Waals surface area contributed by atoms with Gasteiger partial charge in [-0.15, -0.1) is 5.10 Å². The molecule has 3 aromatic rings. The minimum atomic E-state index is -0.616. The standard InChI is InChI=1S/C15H11F2N5O/c16-10-4-3-5-11(8-10)22-14(19-20-21-22)9-18-15(23)12-6-1-2-7-13(12)17/h1-8H,9H2,(H,18,23). The van der Waals surface area contributed by atoms with E-state index in [-0.39, 0.29) is 12.1 Å². The van der Waals surface area contributed by atoms with Gasteiger partial charge >= 0.3 is 0 Å². The Kier molecular flexibility index (Phi) is 4.05. The molecule has 0 bridgehead atoms. The molecule has 1 amide bonds. The minimum Gasteiger partial charge on any atom is -0.345 e. The largest absolute Gasteiger partial charge is 0.345 e. The molecule has 1 heterocycles. The van der Waals surface area contributed by atoms with Gasteiger partial charge in [-0.2, -0.15) is 4.68 Å². The van der Waals surface area contributed by atoms with Crippen LogP contribution in [-0.2, 0) is 6.54 Å². The first-order chi connectivity index (χ1) is 11.1. The summed E-state index contributed by atoms with van der Waals surface area (Å²) in [5.74, 6) is -1.34. The number of hydrogen-bond acceptors (Lipinski definition) is 4. The van der Waals surface area contributed by atoms with Gasteiger partial charge in [0.1, 0.15) is 11.6 Å². The van der Waals surface area contributed by atoms with Crippen LogP contribution < -0.4 is 5.32 Å². The molecule has 6 nitrogen and oxygen atoms in total. The summed E-state index contributed by atoms with van der Waals surface area (Å²) in [7, 11) is 0. The first-order valence-electron chi connectivity index (χ1n) is 6.71. The normalized spacial score (nSPS) is 10.5. The summed E-state index contributed by atoms with van der Waals surface area (Å²) in [5, 5.41) is 13.6. The van der Waals surface area contributed by atoms with Crippen molar-refractivity contribution in [3.8, 4) is 5.69 Å². The number of carbonyl (C=O) groups excluding carboxylic acids is 1. The number of hydrogen-bond donors (Lipinski definition) is 1. The van der Waals surface area contributed by atoms with E-state index < -0.39 is 17.5 Å². The van der Waals surface area contributed by atoms with Crippen molar-refractivity contribution in [2.45, 2.75) is 6.54 Å². The van der Waals surface area contributed by atoms with Gasteiger partial charge in [-0.1, -0.05) is 18.2 Å². The van der Waals surface area contributed by atoms with E-state index in [0.717, 1.165) is 0 Å². The second-order valence-corrected chi connectivity index (χ2v) is 4.65. The van der Waals surface area contributed by atoms with Crippen LogP contribution in [0.25, 0.3) is 5.69 Å². The van der Waals surface area contributed by atoms with E-state index in [1.54, 1.807) is 12.1 Å². The zero-order valence-corrected chi connectivity index (χ0v) is 11.8. The van der Waals surface area contributed by atoms with E-state index in [0.29, 0.717) is 11.5 Å². The smallest absolute Gasteiger partial charge is 0.254 e. The minimum absolute atomic E-state index is 0.0311. The number of tetrazole rings is 1. The fourth-order valence-corrected chi connectivity index (χ4v) is 2.02. The van der Waals surface area contributed by atoms with E-state index in [4.69, 9.17) is 0 Å². The summed E-state index contributed by atoms with van der Waals surface area (Å²) < 4.78 is 28.1. The van der Waals surface area contributed by atoms with Crippen LogP contribution in [0.1, 0.15) is 16.2 Å². The monoisotopic (exact) mass is 315 g/mol. The Bertz CT molecular complexity index is 849. The molecule has 0 fully saturated rings. The Hall–Kier alpha value is -3.16. The zero-order valence-electron chi connectivity index (χ0n) is 11.8. The lowest BCUT2D eigenvalue weighted by Gasteiger charge is -2.07. The molecule has 0 aliphatic carbocycles. The lowest BCUT2D eigenvalue weighted by molar-refractivity contribution is 0.0945. The summed E-state index contributed by atoms with van der Waals surface area (Å²) in [6, 6.07) is 11.3. The van der Waals surface area contributed by atoms with Crippen molar-refractivity contribution in [3.63, 3.8) is 0 Å².